The molecule has 14 heavy (non-hydrogen) atoms. The summed E-state index contributed by atoms with van der Waals surface area (Å²) in [6.45, 7) is 7.58. The van der Waals surface area contributed by atoms with E-state index in [1.807, 2.05) is 19.9 Å². The minimum absolute atomic E-state index is 0.485. The smallest absolute Gasteiger partial charge is 0.309 e. The van der Waals surface area contributed by atoms with Crippen molar-refractivity contribution in [3.8, 4) is 0 Å². The molecule has 0 fully saturated rings. The molecule has 0 unspecified atom stereocenters. The zero-order valence-corrected chi connectivity index (χ0v) is 9.38. The predicted octanol–water partition coefficient (Wildman–Crippen LogP) is 3.62. The number of aliphatic carboxylic acids is 1. The van der Waals surface area contributed by atoms with Crippen LogP contribution in [0.2, 0.25) is 0 Å². The number of carbonyl (C=O) groups is 1. The van der Waals surface area contributed by atoms with E-state index in [4.69, 9.17) is 5.11 Å². The van der Waals surface area contributed by atoms with Crippen LogP contribution in [0.5, 0.6) is 0 Å². The monoisotopic (exact) mass is 198 g/mol. The lowest BCUT2D eigenvalue weighted by Gasteiger charge is -2.26. The van der Waals surface area contributed by atoms with Gasteiger partial charge >= 0.3 is 5.97 Å². The Morgan fingerprint density at radius 2 is 1.93 bits per heavy atom. The third-order valence-corrected chi connectivity index (χ3v) is 3.12. The van der Waals surface area contributed by atoms with Gasteiger partial charge in [-0.15, -0.1) is 6.58 Å². The first-order valence-electron chi connectivity index (χ1n) is 5.47. The molecular weight excluding hydrogens is 176 g/mol. The highest BCUT2D eigenvalue weighted by Gasteiger charge is 2.33. The van der Waals surface area contributed by atoms with Gasteiger partial charge in [-0.25, -0.2) is 0 Å². The Kier molecular flexibility index (Phi) is 6.26. The summed E-state index contributed by atoms with van der Waals surface area (Å²) in [5.74, 6) is -0.638. The molecule has 0 aliphatic carbocycles. The van der Waals surface area contributed by atoms with Crippen molar-refractivity contribution >= 4 is 5.97 Å². The first kappa shape index (κ1) is 13.2. The SMILES string of the molecule is C=CCCCCC(CC)(CC)C(=O)O. The maximum absolute atomic E-state index is 11.1. The van der Waals surface area contributed by atoms with Gasteiger partial charge in [-0.05, 0) is 32.1 Å². The molecule has 0 spiro atoms. The summed E-state index contributed by atoms with van der Waals surface area (Å²) in [4.78, 5) is 11.1. The number of rotatable bonds is 8. The summed E-state index contributed by atoms with van der Waals surface area (Å²) in [5, 5.41) is 9.16. The Balaban J connectivity index is 4.08. The van der Waals surface area contributed by atoms with Gasteiger partial charge in [0.05, 0.1) is 5.41 Å². The molecule has 0 heterocycles. The van der Waals surface area contributed by atoms with E-state index in [-0.39, 0.29) is 0 Å². The van der Waals surface area contributed by atoms with Crippen LogP contribution in [0.4, 0.5) is 0 Å². The van der Waals surface area contributed by atoms with Crippen molar-refractivity contribution < 1.29 is 9.90 Å². The van der Waals surface area contributed by atoms with E-state index in [0.29, 0.717) is 0 Å². The van der Waals surface area contributed by atoms with Crippen LogP contribution in [0.25, 0.3) is 0 Å². The van der Waals surface area contributed by atoms with Gasteiger partial charge in [-0.3, -0.25) is 4.79 Å². The molecular formula is C12H22O2. The molecule has 0 amide bonds. The zero-order chi connectivity index (χ0) is 11.0. The summed E-state index contributed by atoms with van der Waals surface area (Å²) in [5.41, 5.74) is -0.485. The van der Waals surface area contributed by atoms with Crippen molar-refractivity contribution in [3.05, 3.63) is 12.7 Å². The second-order valence-corrected chi connectivity index (χ2v) is 3.83. The Morgan fingerprint density at radius 3 is 2.29 bits per heavy atom. The second kappa shape index (κ2) is 6.63. The summed E-state index contributed by atoms with van der Waals surface area (Å²) in [6, 6.07) is 0. The molecule has 0 bridgehead atoms. The van der Waals surface area contributed by atoms with Crippen LogP contribution in [-0.4, -0.2) is 11.1 Å². The molecule has 0 saturated heterocycles. The molecule has 0 aromatic rings. The summed E-state index contributed by atoms with van der Waals surface area (Å²) in [6.07, 6.45) is 7.17. The Hall–Kier alpha value is -0.790. The Bertz CT molecular complexity index is 181. The van der Waals surface area contributed by atoms with Crippen LogP contribution >= 0.6 is 0 Å². The largest absolute Gasteiger partial charge is 0.481 e. The van der Waals surface area contributed by atoms with Gasteiger partial charge in [0.25, 0.3) is 0 Å². The van der Waals surface area contributed by atoms with E-state index in [9.17, 15) is 4.79 Å². The molecule has 82 valence electrons. The van der Waals surface area contributed by atoms with Crippen LogP contribution in [0.3, 0.4) is 0 Å². The minimum atomic E-state index is -0.638. The molecule has 0 aromatic heterocycles. The molecule has 0 rings (SSSR count). The quantitative estimate of drug-likeness (QED) is 0.477. The van der Waals surface area contributed by atoms with Gasteiger partial charge < -0.3 is 5.11 Å². The molecule has 0 radical (unpaired) electrons. The average Bonchev–Trinajstić information content (AvgIpc) is 2.18. The number of carboxylic acid groups (broad SMARTS) is 1. The standard InChI is InChI=1S/C12H22O2/c1-4-7-8-9-10-12(5-2,6-3)11(13)14/h4H,1,5-10H2,2-3H3,(H,13,14). The molecule has 0 aliphatic rings. The number of carboxylic acids is 1. The molecule has 0 saturated carbocycles. The number of unbranched alkanes of at least 4 members (excludes halogenated alkanes) is 2. The van der Waals surface area contributed by atoms with Gasteiger partial charge in [-0.1, -0.05) is 26.3 Å². The minimum Gasteiger partial charge on any atom is -0.481 e. The van der Waals surface area contributed by atoms with Crippen molar-refractivity contribution in [2.24, 2.45) is 5.41 Å². The van der Waals surface area contributed by atoms with Crippen molar-refractivity contribution in [2.75, 3.05) is 0 Å². The van der Waals surface area contributed by atoms with Gasteiger partial charge in [-0.2, -0.15) is 0 Å². The first-order chi connectivity index (χ1) is 6.63. The van der Waals surface area contributed by atoms with E-state index in [0.717, 1.165) is 38.5 Å². The Morgan fingerprint density at radius 1 is 1.36 bits per heavy atom. The maximum Gasteiger partial charge on any atom is 0.309 e. The van der Waals surface area contributed by atoms with E-state index >= 15 is 0 Å². The van der Waals surface area contributed by atoms with Crippen LogP contribution in [0.15, 0.2) is 12.7 Å². The van der Waals surface area contributed by atoms with Gasteiger partial charge in [0.1, 0.15) is 0 Å². The highest BCUT2D eigenvalue weighted by atomic mass is 16.4. The van der Waals surface area contributed by atoms with E-state index in [1.165, 1.54) is 0 Å². The fourth-order valence-electron chi connectivity index (χ4n) is 1.77. The Labute approximate surface area is 87.0 Å². The number of hydrogen-bond donors (Lipinski definition) is 1. The molecule has 0 atom stereocenters. The van der Waals surface area contributed by atoms with Gasteiger partial charge in [0, 0.05) is 0 Å². The molecule has 0 aromatic carbocycles. The fourth-order valence-corrected chi connectivity index (χ4v) is 1.77. The van der Waals surface area contributed by atoms with E-state index in [2.05, 4.69) is 6.58 Å². The lowest BCUT2D eigenvalue weighted by atomic mass is 9.78. The van der Waals surface area contributed by atoms with Crippen molar-refractivity contribution in [1.82, 2.24) is 0 Å². The summed E-state index contributed by atoms with van der Waals surface area (Å²) < 4.78 is 0. The third-order valence-electron chi connectivity index (χ3n) is 3.12. The normalized spacial score (nSPS) is 11.3. The maximum atomic E-state index is 11.1. The lowest BCUT2D eigenvalue weighted by molar-refractivity contribution is -0.150. The average molecular weight is 198 g/mol. The highest BCUT2D eigenvalue weighted by molar-refractivity contribution is 5.74. The lowest BCUT2D eigenvalue weighted by Crippen LogP contribution is -2.29. The summed E-state index contributed by atoms with van der Waals surface area (Å²) >= 11 is 0. The topological polar surface area (TPSA) is 37.3 Å². The highest BCUT2D eigenvalue weighted by Crippen LogP contribution is 2.33. The molecule has 2 nitrogen and oxygen atoms in total. The van der Waals surface area contributed by atoms with Crippen LogP contribution < -0.4 is 0 Å². The van der Waals surface area contributed by atoms with Crippen LogP contribution in [0, 0.1) is 5.41 Å². The zero-order valence-electron chi connectivity index (χ0n) is 9.38. The van der Waals surface area contributed by atoms with Crippen molar-refractivity contribution in [3.63, 3.8) is 0 Å². The van der Waals surface area contributed by atoms with Gasteiger partial charge in [0.2, 0.25) is 0 Å². The van der Waals surface area contributed by atoms with Gasteiger partial charge in [0.15, 0.2) is 0 Å². The third kappa shape index (κ3) is 3.52. The first-order valence-corrected chi connectivity index (χ1v) is 5.47. The number of hydrogen-bond acceptors (Lipinski definition) is 1. The van der Waals surface area contributed by atoms with E-state index in [1.54, 1.807) is 0 Å². The summed E-state index contributed by atoms with van der Waals surface area (Å²) in [7, 11) is 0. The molecule has 2 heteroatoms. The number of allylic oxidation sites excluding steroid dienone is 1. The molecule has 0 aliphatic heterocycles. The predicted molar refractivity (Wildman–Crippen MR) is 59.3 cm³/mol. The van der Waals surface area contributed by atoms with Crippen LogP contribution in [0.1, 0.15) is 52.4 Å². The molecule has 1 N–H and O–H groups in total. The van der Waals surface area contributed by atoms with Crippen molar-refractivity contribution in [1.29, 1.82) is 0 Å². The van der Waals surface area contributed by atoms with Crippen LogP contribution in [-0.2, 0) is 4.79 Å². The van der Waals surface area contributed by atoms with Crippen molar-refractivity contribution in [2.45, 2.75) is 52.4 Å². The fraction of sp³-hybridized carbons (Fsp3) is 0.750. The van der Waals surface area contributed by atoms with E-state index < -0.39 is 11.4 Å². The second-order valence-electron chi connectivity index (χ2n) is 3.83.